The van der Waals surface area contributed by atoms with Crippen LogP contribution in [-0.4, -0.2) is 10.1 Å². The van der Waals surface area contributed by atoms with E-state index in [1.807, 2.05) is 0 Å². The van der Waals surface area contributed by atoms with Crippen LogP contribution < -0.4 is 5.73 Å². The van der Waals surface area contributed by atoms with E-state index in [2.05, 4.69) is 34.4 Å². The molecule has 110 valence electrons. The molecular formula is C17H21N3O. The van der Waals surface area contributed by atoms with E-state index in [1.165, 1.54) is 24.0 Å². The van der Waals surface area contributed by atoms with Gasteiger partial charge in [0.2, 0.25) is 5.89 Å². The van der Waals surface area contributed by atoms with Gasteiger partial charge in [0.1, 0.15) is 0 Å². The van der Waals surface area contributed by atoms with Gasteiger partial charge < -0.3 is 10.3 Å². The first-order valence-corrected chi connectivity index (χ1v) is 7.92. The Bertz CT molecular complexity index is 645. The number of aromatic nitrogens is 2. The van der Waals surface area contributed by atoms with Crippen molar-refractivity contribution in [2.45, 2.75) is 50.5 Å². The van der Waals surface area contributed by atoms with Crippen molar-refractivity contribution in [2.75, 3.05) is 0 Å². The Balaban J connectivity index is 1.45. The Morgan fingerprint density at radius 1 is 1.24 bits per heavy atom. The Hall–Kier alpha value is -1.68. The zero-order valence-electron chi connectivity index (χ0n) is 12.2. The molecule has 2 N–H and O–H groups in total. The molecule has 1 aromatic heterocycles. The minimum atomic E-state index is -0.319. The summed E-state index contributed by atoms with van der Waals surface area (Å²) in [5.74, 6) is 2.06. The average molecular weight is 283 g/mol. The highest BCUT2D eigenvalue weighted by molar-refractivity contribution is 5.29. The van der Waals surface area contributed by atoms with Crippen LogP contribution in [0.5, 0.6) is 0 Å². The highest BCUT2D eigenvalue weighted by atomic mass is 16.5. The fourth-order valence-corrected chi connectivity index (χ4v) is 3.52. The lowest BCUT2D eigenvalue weighted by Crippen LogP contribution is -2.44. The lowest BCUT2D eigenvalue weighted by atomic mass is 9.77. The lowest BCUT2D eigenvalue weighted by Gasteiger charge is -2.34. The molecule has 2 aliphatic rings. The molecule has 2 aliphatic carbocycles. The van der Waals surface area contributed by atoms with Crippen LogP contribution in [0.15, 0.2) is 28.8 Å². The molecule has 1 heterocycles. The number of benzene rings is 1. The van der Waals surface area contributed by atoms with Gasteiger partial charge in [-0.3, -0.25) is 0 Å². The molecule has 1 atom stereocenters. The largest absolute Gasteiger partial charge is 0.339 e. The van der Waals surface area contributed by atoms with Gasteiger partial charge in [-0.15, -0.1) is 0 Å². The second kappa shape index (κ2) is 4.95. The van der Waals surface area contributed by atoms with E-state index >= 15 is 0 Å². The van der Waals surface area contributed by atoms with Gasteiger partial charge in [-0.05, 0) is 55.6 Å². The Kier molecular flexibility index (Phi) is 3.07. The summed E-state index contributed by atoms with van der Waals surface area (Å²) >= 11 is 0. The van der Waals surface area contributed by atoms with Crippen molar-refractivity contribution in [1.82, 2.24) is 10.1 Å². The summed E-state index contributed by atoms with van der Waals surface area (Å²) in [6.07, 6.45) is 7.45. The van der Waals surface area contributed by atoms with Crippen molar-refractivity contribution < 1.29 is 4.52 Å². The minimum absolute atomic E-state index is 0.319. The maximum atomic E-state index is 6.25. The molecule has 0 aliphatic heterocycles. The Morgan fingerprint density at radius 3 is 2.81 bits per heavy atom. The van der Waals surface area contributed by atoms with E-state index in [-0.39, 0.29) is 5.54 Å². The third-order valence-corrected chi connectivity index (χ3v) is 5.07. The van der Waals surface area contributed by atoms with Gasteiger partial charge in [0.15, 0.2) is 5.82 Å². The van der Waals surface area contributed by atoms with E-state index in [0.29, 0.717) is 11.7 Å². The van der Waals surface area contributed by atoms with Crippen molar-refractivity contribution in [3.63, 3.8) is 0 Å². The summed E-state index contributed by atoms with van der Waals surface area (Å²) in [5.41, 5.74) is 8.90. The smallest absolute Gasteiger partial charge is 0.227 e. The maximum absolute atomic E-state index is 6.25. The second-order valence-electron chi connectivity index (χ2n) is 6.60. The summed E-state index contributed by atoms with van der Waals surface area (Å²) in [4.78, 5) is 4.55. The van der Waals surface area contributed by atoms with Crippen LogP contribution in [0.25, 0.3) is 0 Å². The predicted molar refractivity (Wildman–Crippen MR) is 79.7 cm³/mol. The number of aryl methyl sites for hydroxylation is 1. The summed E-state index contributed by atoms with van der Waals surface area (Å²) in [7, 11) is 0. The fraction of sp³-hybridized carbons (Fsp3) is 0.529. The maximum Gasteiger partial charge on any atom is 0.227 e. The quantitative estimate of drug-likeness (QED) is 0.940. The van der Waals surface area contributed by atoms with Gasteiger partial charge in [-0.25, -0.2) is 0 Å². The van der Waals surface area contributed by atoms with E-state index < -0.39 is 0 Å². The van der Waals surface area contributed by atoms with Crippen LogP contribution in [0.1, 0.15) is 48.5 Å². The molecule has 4 heteroatoms. The van der Waals surface area contributed by atoms with Crippen LogP contribution in [-0.2, 0) is 24.8 Å². The van der Waals surface area contributed by atoms with E-state index in [4.69, 9.17) is 10.3 Å². The molecule has 0 saturated heterocycles. The van der Waals surface area contributed by atoms with Crippen molar-refractivity contribution >= 4 is 0 Å². The van der Waals surface area contributed by atoms with Crippen molar-refractivity contribution in [2.24, 2.45) is 11.7 Å². The van der Waals surface area contributed by atoms with Gasteiger partial charge in [0, 0.05) is 6.42 Å². The number of fused-ring (bicyclic) bond motifs is 1. The number of hydrogen-bond donors (Lipinski definition) is 1. The monoisotopic (exact) mass is 283 g/mol. The summed E-state index contributed by atoms with van der Waals surface area (Å²) in [6.45, 7) is 0. The third-order valence-electron chi connectivity index (χ3n) is 5.07. The Morgan fingerprint density at radius 2 is 2.05 bits per heavy atom. The molecule has 4 rings (SSSR count). The van der Waals surface area contributed by atoms with Crippen LogP contribution in [0.4, 0.5) is 0 Å². The van der Waals surface area contributed by atoms with E-state index in [0.717, 1.165) is 38.0 Å². The Labute approximate surface area is 124 Å². The van der Waals surface area contributed by atoms with Crippen LogP contribution in [0.2, 0.25) is 0 Å². The molecule has 0 radical (unpaired) electrons. The van der Waals surface area contributed by atoms with Crippen LogP contribution >= 0.6 is 0 Å². The van der Waals surface area contributed by atoms with Crippen molar-refractivity contribution in [3.8, 4) is 0 Å². The molecule has 1 saturated carbocycles. The van der Waals surface area contributed by atoms with Gasteiger partial charge in [-0.2, -0.15) is 4.98 Å². The van der Waals surface area contributed by atoms with Gasteiger partial charge in [0.25, 0.3) is 0 Å². The molecular weight excluding hydrogens is 262 g/mol. The molecule has 1 aromatic carbocycles. The lowest BCUT2D eigenvalue weighted by molar-refractivity contribution is 0.228. The number of nitrogens with zero attached hydrogens (tertiary/aromatic N) is 2. The molecule has 1 unspecified atom stereocenters. The summed E-state index contributed by atoms with van der Waals surface area (Å²) in [5, 5.41) is 4.11. The van der Waals surface area contributed by atoms with Crippen molar-refractivity contribution in [1.29, 1.82) is 0 Å². The van der Waals surface area contributed by atoms with Gasteiger partial charge in [0.05, 0.1) is 5.54 Å². The normalized spacial score (nSPS) is 23.4. The standard InChI is InChI=1S/C17H21N3O/c18-17(8-3-9-17)16-19-15(21-20-16)11-12-6-7-13-4-1-2-5-14(13)10-12/h1-2,4-5,12H,3,6-11,18H2. The minimum Gasteiger partial charge on any atom is -0.339 e. The first-order chi connectivity index (χ1) is 10.2. The molecule has 0 amide bonds. The molecule has 2 aromatic rings. The summed E-state index contributed by atoms with van der Waals surface area (Å²) < 4.78 is 5.44. The molecule has 1 fully saturated rings. The third kappa shape index (κ3) is 2.38. The second-order valence-corrected chi connectivity index (χ2v) is 6.60. The SMILES string of the molecule is NC1(c2noc(CC3CCc4ccccc4C3)n2)CCC1. The predicted octanol–water partition coefficient (Wildman–Crippen LogP) is 2.76. The van der Waals surface area contributed by atoms with Gasteiger partial charge in [-0.1, -0.05) is 29.4 Å². The molecule has 21 heavy (non-hydrogen) atoms. The zero-order chi connectivity index (χ0) is 14.3. The fourth-order valence-electron chi connectivity index (χ4n) is 3.52. The molecule has 0 bridgehead atoms. The van der Waals surface area contributed by atoms with Crippen molar-refractivity contribution in [3.05, 3.63) is 47.1 Å². The highest BCUT2D eigenvalue weighted by Gasteiger charge is 2.39. The molecule has 4 nitrogen and oxygen atoms in total. The number of hydrogen-bond acceptors (Lipinski definition) is 4. The first kappa shape index (κ1) is 13.0. The van der Waals surface area contributed by atoms with Crippen LogP contribution in [0, 0.1) is 5.92 Å². The number of nitrogens with two attached hydrogens (primary N) is 1. The van der Waals surface area contributed by atoms with E-state index in [9.17, 15) is 0 Å². The van der Waals surface area contributed by atoms with Gasteiger partial charge >= 0.3 is 0 Å². The molecule has 0 spiro atoms. The van der Waals surface area contributed by atoms with Crippen LogP contribution in [0.3, 0.4) is 0 Å². The topological polar surface area (TPSA) is 64.9 Å². The zero-order valence-corrected chi connectivity index (χ0v) is 12.2. The van der Waals surface area contributed by atoms with E-state index in [1.54, 1.807) is 0 Å². The first-order valence-electron chi connectivity index (χ1n) is 7.92. The average Bonchev–Trinajstić information content (AvgIpc) is 2.93. The number of rotatable bonds is 3. The highest BCUT2D eigenvalue weighted by Crippen LogP contribution is 2.37. The summed E-state index contributed by atoms with van der Waals surface area (Å²) in [6, 6.07) is 8.73.